The summed E-state index contributed by atoms with van der Waals surface area (Å²) in [5.74, 6) is -0.913. The standard InChI is InChI=1S/C9H10N2O3S/c1-4-5-7(14-2)10-3-11-8(5)15-6(4)9(12)13/h3,7H,1-2H3,(H,10,11)(H,12,13). The van der Waals surface area contributed by atoms with E-state index in [1.54, 1.807) is 14.0 Å². The Morgan fingerprint density at radius 3 is 3.07 bits per heavy atom. The van der Waals surface area contributed by atoms with Crippen molar-refractivity contribution in [3.05, 3.63) is 16.0 Å². The number of anilines is 1. The van der Waals surface area contributed by atoms with Crippen molar-refractivity contribution in [2.45, 2.75) is 13.2 Å². The summed E-state index contributed by atoms with van der Waals surface area (Å²) in [4.78, 5) is 15.3. The molecule has 2 heterocycles. The predicted molar refractivity (Wildman–Crippen MR) is 57.9 cm³/mol. The molecule has 2 N–H and O–H groups in total. The first kappa shape index (κ1) is 10.1. The van der Waals surface area contributed by atoms with Crippen LogP contribution in [0.5, 0.6) is 0 Å². The van der Waals surface area contributed by atoms with Crippen molar-refractivity contribution in [3.8, 4) is 0 Å². The number of nitrogens with zero attached hydrogens (tertiary/aromatic N) is 1. The number of aliphatic imine (C=N–C) groups is 1. The first-order chi connectivity index (χ1) is 7.15. The molecule has 1 aliphatic heterocycles. The number of methoxy groups -OCH3 is 1. The number of hydrogen-bond donors (Lipinski definition) is 2. The molecule has 0 aliphatic carbocycles. The number of carbonyl (C=O) groups is 1. The molecule has 0 saturated carbocycles. The summed E-state index contributed by atoms with van der Waals surface area (Å²) in [6.07, 6.45) is 1.13. The van der Waals surface area contributed by atoms with E-state index >= 15 is 0 Å². The zero-order chi connectivity index (χ0) is 11.0. The zero-order valence-corrected chi connectivity index (χ0v) is 9.09. The summed E-state index contributed by atoms with van der Waals surface area (Å²) in [6, 6.07) is 0. The molecule has 0 amide bonds. The summed E-state index contributed by atoms with van der Waals surface area (Å²) < 4.78 is 5.17. The number of aromatic carboxylic acids is 1. The molecule has 1 atom stereocenters. The van der Waals surface area contributed by atoms with Crippen LogP contribution in [0.25, 0.3) is 0 Å². The van der Waals surface area contributed by atoms with Gasteiger partial charge in [0.25, 0.3) is 0 Å². The maximum Gasteiger partial charge on any atom is 0.346 e. The molecular formula is C9H10N2O3S. The summed E-state index contributed by atoms with van der Waals surface area (Å²) >= 11 is 1.21. The lowest BCUT2D eigenvalue weighted by molar-refractivity contribution is 0.0701. The Bertz CT molecular complexity index is 439. The van der Waals surface area contributed by atoms with Gasteiger partial charge in [0.2, 0.25) is 0 Å². The molecule has 1 aromatic rings. The third-order valence-corrected chi connectivity index (χ3v) is 3.49. The quantitative estimate of drug-likeness (QED) is 0.807. The lowest BCUT2D eigenvalue weighted by atomic mass is 10.1. The van der Waals surface area contributed by atoms with E-state index in [1.165, 1.54) is 17.7 Å². The van der Waals surface area contributed by atoms with Crippen molar-refractivity contribution in [1.29, 1.82) is 0 Å². The summed E-state index contributed by atoms with van der Waals surface area (Å²) in [5.41, 5.74) is 1.54. The van der Waals surface area contributed by atoms with Crippen LogP contribution in [0.2, 0.25) is 0 Å². The van der Waals surface area contributed by atoms with E-state index in [1.807, 2.05) is 0 Å². The molecule has 15 heavy (non-hydrogen) atoms. The molecule has 2 rings (SSSR count). The third-order valence-electron chi connectivity index (χ3n) is 2.26. The maximum atomic E-state index is 10.9. The van der Waals surface area contributed by atoms with E-state index < -0.39 is 12.2 Å². The van der Waals surface area contributed by atoms with Gasteiger partial charge in [-0.1, -0.05) is 0 Å². The second kappa shape index (κ2) is 3.63. The van der Waals surface area contributed by atoms with Gasteiger partial charge in [-0.25, -0.2) is 9.79 Å². The van der Waals surface area contributed by atoms with Gasteiger partial charge in [-0.2, -0.15) is 0 Å². The number of carboxylic acids is 1. The molecule has 0 radical (unpaired) electrons. The van der Waals surface area contributed by atoms with E-state index in [9.17, 15) is 4.79 Å². The molecule has 1 unspecified atom stereocenters. The highest BCUT2D eigenvalue weighted by Crippen LogP contribution is 2.40. The molecule has 0 fully saturated rings. The van der Waals surface area contributed by atoms with Crippen molar-refractivity contribution >= 4 is 28.6 Å². The molecule has 0 aromatic carbocycles. The van der Waals surface area contributed by atoms with E-state index in [-0.39, 0.29) is 0 Å². The molecule has 1 aromatic heterocycles. The van der Waals surface area contributed by atoms with Crippen LogP contribution in [0.3, 0.4) is 0 Å². The molecule has 5 nitrogen and oxygen atoms in total. The summed E-state index contributed by atoms with van der Waals surface area (Å²) in [6.45, 7) is 1.77. The Balaban J connectivity index is 2.54. The number of ether oxygens (including phenoxy) is 1. The molecule has 6 heteroatoms. The van der Waals surface area contributed by atoms with Crippen molar-refractivity contribution in [2.24, 2.45) is 4.99 Å². The summed E-state index contributed by atoms with van der Waals surface area (Å²) in [5, 5.41) is 12.7. The SMILES string of the molecule is COC1N=CNc2sc(C(=O)O)c(C)c21. The van der Waals surface area contributed by atoms with Crippen molar-refractivity contribution in [1.82, 2.24) is 0 Å². The second-order valence-corrected chi connectivity index (χ2v) is 4.14. The van der Waals surface area contributed by atoms with Gasteiger partial charge in [-0.05, 0) is 12.5 Å². The molecular weight excluding hydrogens is 216 g/mol. The third kappa shape index (κ3) is 1.51. The van der Waals surface area contributed by atoms with E-state index in [0.29, 0.717) is 4.88 Å². The average molecular weight is 226 g/mol. The van der Waals surface area contributed by atoms with Gasteiger partial charge in [-0.15, -0.1) is 11.3 Å². The number of hydrogen-bond acceptors (Lipinski definition) is 5. The van der Waals surface area contributed by atoms with E-state index in [0.717, 1.165) is 16.1 Å². The van der Waals surface area contributed by atoms with Gasteiger partial charge in [-0.3, -0.25) is 0 Å². The number of fused-ring (bicyclic) bond motifs is 1. The smallest absolute Gasteiger partial charge is 0.346 e. The van der Waals surface area contributed by atoms with E-state index in [2.05, 4.69) is 10.3 Å². The van der Waals surface area contributed by atoms with Crippen LogP contribution >= 0.6 is 11.3 Å². The molecule has 80 valence electrons. The van der Waals surface area contributed by atoms with Gasteiger partial charge in [0, 0.05) is 12.7 Å². The molecule has 1 aliphatic rings. The van der Waals surface area contributed by atoms with Crippen LogP contribution in [0, 0.1) is 6.92 Å². The minimum Gasteiger partial charge on any atom is -0.477 e. The molecule has 0 bridgehead atoms. The van der Waals surface area contributed by atoms with Gasteiger partial charge < -0.3 is 15.2 Å². The lowest BCUT2D eigenvalue weighted by Gasteiger charge is -2.16. The first-order valence-electron chi connectivity index (χ1n) is 4.32. The fourth-order valence-corrected chi connectivity index (χ4v) is 2.58. The van der Waals surface area contributed by atoms with Crippen LogP contribution in [0.1, 0.15) is 27.0 Å². The van der Waals surface area contributed by atoms with Crippen molar-refractivity contribution in [2.75, 3.05) is 12.4 Å². The highest BCUT2D eigenvalue weighted by molar-refractivity contribution is 7.18. The summed E-state index contributed by atoms with van der Waals surface area (Å²) in [7, 11) is 1.55. The number of rotatable bonds is 2. The highest BCUT2D eigenvalue weighted by atomic mass is 32.1. The second-order valence-electron chi connectivity index (χ2n) is 3.11. The Morgan fingerprint density at radius 1 is 1.73 bits per heavy atom. The number of thiophene rings is 1. The van der Waals surface area contributed by atoms with Crippen molar-refractivity contribution in [3.63, 3.8) is 0 Å². The Morgan fingerprint density at radius 2 is 2.47 bits per heavy atom. The topological polar surface area (TPSA) is 70.9 Å². The van der Waals surface area contributed by atoms with Crippen LogP contribution in [0.4, 0.5) is 5.00 Å². The van der Waals surface area contributed by atoms with E-state index in [4.69, 9.17) is 9.84 Å². The largest absolute Gasteiger partial charge is 0.477 e. The van der Waals surface area contributed by atoms with Crippen molar-refractivity contribution < 1.29 is 14.6 Å². The Labute approximate surface area is 90.4 Å². The molecule has 0 spiro atoms. The fourth-order valence-electron chi connectivity index (χ4n) is 1.55. The van der Waals surface area contributed by atoms with Crippen LogP contribution in [0.15, 0.2) is 4.99 Å². The normalized spacial score (nSPS) is 18.4. The monoisotopic (exact) mass is 226 g/mol. The number of nitrogens with one attached hydrogen (secondary N) is 1. The van der Waals surface area contributed by atoms with Gasteiger partial charge in [0.05, 0.1) is 6.34 Å². The fraction of sp³-hybridized carbons (Fsp3) is 0.333. The zero-order valence-electron chi connectivity index (χ0n) is 8.27. The first-order valence-corrected chi connectivity index (χ1v) is 5.14. The number of carboxylic acid groups (broad SMARTS) is 1. The van der Waals surface area contributed by atoms with Crippen LogP contribution in [-0.2, 0) is 4.74 Å². The highest BCUT2D eigenvalue weighted by Gasteiger charge is 2.26. The Hall–Kier alpha value is -1.40. The Kier molecular flexibility index (Phi) is 2.45. The average Bonchev–Trinajstić information content (AvgIpc) is 2.56. The lowest BCUT2D eigenvalue weighted by Crippen LogP contribution is -2.10. The van der Waals surface area contributed by atoms with Gasteiger partial charge in [0.15, 0.2) is 6.23 Å². The minimum atomic E-state index is -0.913. The van der Waals surface area contributed by atoms with Crippen LogP contribution in [-0.4, -0.2) is 24.5 Å². The van der Waals surface area contributed by atoms with Crippen LogP contribution < -0.4 is 5.32 Å². The maximum absolute atomic E-state index is 10.9. The predicted octanol–water partition coefficient (Wildman–Crippen LogP) is 1.85. The molecule has 0 saturated heterocycles. The minimum absolute atomic E-state index is 0.333. The van der Waals surface area contributed by atoms with Gasteiger partial charge >= 0.3 is 5.97 Å². The van der Waals surface area contributed by atoms with Gasteiger partial charge in [0.1, 0.15) is 9.88 Å².